The van der Waals surface area contributed by atoms with E-state index in [0.717, 1.165) is 42.9 Å². The van der Waals surface area contributed by atoms with Crippen LogP contribution in [0.2, 0.25) is 5.02 Å². The van der Waals surface area contributed by atoms with E-state index >= 15 is 0 Å². The van der Waals surface area contributed by atoms with Crippen LogP contribution in [0.1, 0.15) is 30.7 Å². The molecule has 0 aliphatic carbocycles. The Morgan fingerprint density at radius 1 is 1.14 bits per heavy atom. The van der Waals surface area contributed by atoms with Gasteiger partial charge < -0.3 is 19.4 Å². The molecule has 1 aromatic heterocycles. The van der Waals surface area contributed by atoms with Crippen molar-refractivity contribution in [1.29, 1.82) is 0 Å². The monoisotopic (exact) mass is 412 g/mol. The van der Waals surface area contributed by atoms with Gasteiger partial charge in [0.2, 0.25) is 5.91 Å². The second-order valence-corrected chi connectivity index (χ2v) is 7.80. The van der Waals surface area contributed by atoms with E-state index in [0.29, 0.717) is 24.0 Å². The van der Waals surface area contributed by atoms with Crippen LogP contribution in [0.3, 0.4) is 0 Å². The van der Waals surface area contributed by atoms with Crippen molar-refractivity contribution in [2.75, 3.05) is 26.8 Å². The number of carbonyl (C=O) groups excluding carboxylic acids is 1. The van der Waals surface area contributed by atoms with Crippen LogP contribution in [0, 0.1) is 0 Å². The van der Waals surface area contributed by atoms with Gasteiger partial charge in [-0.3, -0.25) is 4.79 Å². The lowest BCUT2D eigenvalue weighted by Crippen LogP contribution is -2.38. The third-order valence-corrected chi connectivity index (χ3v) is 5.86. The number of benzene rings is 2. The summed E-state index contributed by atoms with van der Waals surface area (Å²) in [5.41, 5.74) is 2.44. The second-order valence-electron chi connectivity index (χ2n) is 7.36. The van der Waals surface area contributed by atoms with E-state index in [1.165, 1.54) is 10.9 Å². The molecule has 0 radical (unpaired) electrons. The van der Waals surface area contributed by atoms with E-state index in [-0.39, 0.29) is 5.91 Å². The molecule has 5 nitrogen and oxygen atoms in total. The van der Waals surface area contributed by atoms with Gasteiger partial charge in [-0.15, -0.1) is 0 Å². The Kier molecular flexibility index (Phi) is 5.95. The van der Waals surface area contributed by atoms with E-state index in [9.17, 15) is 4.79 Å². The first-order valence-corrected chi connectivity index (χ1v) is 10.3. The van der Waals surface area contributed by atoms with Crippen molar-refractivity contribution in [2.45, 2.75) is 25.2 Å². The number of nitrogens with one attached hydrogen (secondary N) is 1. The molecule has 0 bridgehead atoms. The van der Waals surface area contributed by atoms with E-state index in [1.54, 1.807) is 19.2 Å². The highest BCUT2D eigenvalue weighted by molar-refractivity contribution is 6.30. The number of likely N-dealkylation sites (tertiary alicyclic amines) is 1. The third-order valence-electron chi connectivity index (χ3n) is 5.61. The molecule has 1 amide bonds. The smallest absolute Gasteiger partial charge is 0.225 e. The second kappa shape index (κ2) is 8.78. The number of aromatic nitrogens is 1. The van der Waals surface area contributed by atoms with Crippen molar-refractivity contribution < 1.29 is 14.3 Å². The van der Waals surface area contributed by atoms with E-state index < -0.39 is 0 Å². The lowest BCUT2D eigenvalue weighted by molar-refractivity contribution is -0.132. The van der Waals surface area contributed by atoms with Crippen LogP contribution < -0.4 is 9.47 Å². The molecule has 1 fully saturated rings. The van der Waals surface area contributed by atoms with Crippen molar-refractivity contribution in [3.8, 4) is 11.5 Å². The van der Waals surface area contributed by atoms with Gasteiger partial charge in [0.25, 0.3) is 0 Å². The van der Waals surface area contributed by atoms with Crippen LogP contribution in [0.4, 0.5) is 0 Å². The summed E-state index contributed by atoms with van der Waals surface area (Å²) in [4.78, 5) is 17.8. The lowest BCUT2D eigenvalue weighted by atomic mass is 9.89. The molecular formula is C23H25ClN2O3. The van der Waals surface area contributed by atoms with Crippen LogP contribution >= 0.6 is 11.6 Å². The summed E-state index contributed by atoms with van der Waals surface area (Å²) in [7, 11) is 1.69. The van der Waals surface area contributed by atoms with Crippen LogP contribution in [-0.2, 0) is 4.79 Å². The topological polar surface area (TPSA) is 54.6 Å². The number of aromatic amines is 1. The Labute approximate surface area is 175 Å². The number of ether oxygens (including phenoxy) is 2. The molecule has 0 spiro atoms. The van der Waals surface area contributed by atoms with E-state index in [2.05, 4.69) is 23.3 Å². The number of carbonyl (C=O) groups is 1. The molecule has 2 heterocycles. The first-order valence-electron chi connectivity index (χ1n) is 9.95. The summed E-state index contributed by atoms with van der Waals surface area (Å²) in [5, 5.41) is 1.88. The molecule has 2 aromatic carbocycles. The third kappa shape index (κ3) is 4.51. The maximum atomic E-state index is 12.5. The van der Waals surface area contributed by atoms with Crippen molar-refractivity contribution in [2.24, 2.45) is 0 Å². The van der Waals surface area contributed by atoms with Gasteiger partial charge >= 0.3 is 0 Å². The molecule has 1 aliphatic rings. The van der Waals surface area contributed by atoms with Gasteiger partial charge in [0, 0.05) is 35.2 Å². The van der Waals surface area contributed by atoms with Crippen LogP contribution in [0.5, 0.6) is 11.5 Å². The molecule has 4 rings (SSSR count). The molecule has 3 aromatic rings. The number of hydrogen-bond donors (Lipinski definition) is 1. The number of piperidine rings is 1. The van der Waals surface area contributed by atoms with Crippen LogP contribution in [0.15, 0.2) is 48.7 Å². The number of H-pyrrole nitrogens is 1. The summed E-state index contributed by atoms with van der Waals surface area (Å²) < 4.78 is 11.0. The number of halogens is 1. The Balaban J connectivity index is 1.30. The van der Waals surface area contributed by atoms with Crippen LogP contribution in [0.25, 0.3) is 10.9 Å². The molecule has 0 unspecified atom stereocenters. The minimum Gasteiger partial charge on any atom is -0.497 e. The van der Waals surface area contributed by atoms with Crippen molar-refractivity contribution in [3.63, 3.8) is 0 Å². The van der Waals surface area contributed by atoms with Crippen LogP contribution in [-0.4, -0.2) is 42.6 Å². The molecule has 1 saturated heterocycles. The zero-order valence-electron chi connectivity index (χ0n) is 16.5. The number of amides is 1. The minimum absolute atomic E-state index is 0.151. The Morgan fingerprint density at radius 3 is 2.59 bits per heavy atom. The number of rotatable bonds is 6. The van der Waals surface area contributed by atoms with Gasteiger partial charge in [0.1, 0.15) is 11.5 Å². The number of nitrogens with zero attached hydrogens (tertiary/aromatic N) is 1. The maximum Gasteiger partial charge on any atom is 0.225 e. The molecule has 6 heteroatoms. The van der Waals surface area contributed by atoms with Gasteiger partial charge in [0.15, 0.2) is 0 Å². The van der Waals surface area contributed by atoms with Crippen molar-refractivity contribution >= 4 is 28.4 Å². The zero-order valence-corrected chi connectivity index (χ0v) is 17.2. The fraction of sp³-hybridized carbons (Fsp3) is 0.348. The minimum atomic E-state index is 0.151. The summed E-state index contributed by atoms with van der Waals surface area (Å²) in [5.74, 6) is 2.20. The largest absolute Gasteiger partial charge is 0.497 e. The molecular weight excluding hydrogens is 388 g/mol. The Morgan fingerprint density at radius 2 is 1.86 bits per heavy atom. The molecule has 0 atom stereocenters. The van der Waals surface area contributed by atoms with Gasteiger partial charge in [-0.25, -0.2) is 0 Å². The predicted molar refractivity (Wildman–Crippen MR) is 115 cm³/mol. The summed E-state index contributed by atoms with van der Waals surface area (Å²) >= 11 is 5.87. The molecule has 0 saturated carbocycles. The molecule has 29 heavy (non-hydrogen) atoms. The zero-order chi connectivity index (χ0) is 20.2. The highest BCUT2D eigenvalue weighted by Crippen LogP contribution is 2.34. The average Bonchev–Trinajstić information content (AvgIpc) is 3.18. The first kappa shape index (κ1) is 19.6. The van der Waals surface area contributed by atoms with E-state index in [1.807, 2.05) is 23.1 Å². The fourth-order valence-corrected chi connectivity index (χ4v) is 4.10. The Hall–Kier alpha value is -2.66. The maximum absolute atomic E-state index is 12.5. The highest BCUT2D eigenvalue weighted by atomic mass is 35.5. The van der Waals surface area contributed by atoms with Crippen molar-refractivity contribution in [3.05, 3.63) is 59.2 Å². The molecule has 1 aliphatic heterocycles. The SMILES string of the molecule is COc1ccc2[nH]cc(C3CCN(C(=O)CCOc4ccc(Cl)cc4)CC3)c2c1. The van der Waals surface area contributed by atoms with Crippen molar-refractivity contribution in [1.82, 2.24) is 9.88 Å². The van der Waals surface area contributed by atoms with Gasteiger partial charge in [-0.05, 0) is 66.8 Å². The summed E-state index contributed by atoms with van der Waals surface area (Å²) in [6, 6.07) is 13.3. The van der Waals surface area contributed by atoms with E-state index in [4.69, 9.17) is 21.1 Å². The number of fused-ring (bicyclic) bond motifs is 1. The number of hydrogen-bond acceptors (Lipinski definition) is 3. The van der Waals surface area contributed by atoms with Gasteiger partial charge in [-0.2, -0.15) is 0 Å². The normalized spacial score (nSPS) is 14.9. The molecule has 152 valence electrons. The first-order chi connectivity index (χ1) is 14.1. The average molecular weight is 413 g/mol. The van der Waals surface area contributed by atoms with Gasteiger partial charge in [0.05, 0.1) is 20.1 Å². The highest BCUT2D eigenvalue weighted by Gasteiger charge is 2.25. The fourth-order valence-electron chi connectivity index (χ4n) is 3.97. The quantitative estimate of drug-likeness (QED) is 0.619. The summed E-state index contributed by atoms with van der Waals surface area (Å²) in [6.45, 7) is 1.94. The predicted octanol–water partition coefficient (Wildman–Crippen LogP) is 5.01. The Bertz CT molecular complexity index is 975. The molecule has 1 N–H and O–H groups in total. The number of methoxy groups -OCH3 is 1. The lowest BCUT2D eigenvalue weighted by Gasteiger charge is -2.32. The van der Waals surface area contributed by atoms with Gasteiger partial charge in [-0.1, -0.05) is 11.6 Å². The standard InChI is InChI=1S/C23H25ClN2O3/c1-28-19-6-7-22-20(14-19)21(15-25-22)16-8-11-26(12-9-16)23(27)10-13-29-18-4-2-17(24)3-5-18/h2-7,14-16,25H,8-13H2,1H3. The summed E-state index contributed by atoms with van der Waals surface area (Å²) in [6.07, 6.45) is 4.42.